The van der Waals surface area contributed by atoms with E-state index in [-0.39, 0.29) is 18.1 Å². The van der Waals surface area contributed by atoms with Gasteiger partial charge in [0, 0.05) is 18.0 Å². The van der Waals surface area contributed by atoms with Crippen molar-refractivity contribution in [2.75, 3.05) is 11.9 Å². The Balaban J connectivity index is 1.91. The van der Waals surface area contributed by atoms with Crippen molar-refractivity contribution >= 4 is 17.5 Å². The van der Waals surface area contributed by atoms with Crippen LogP contribution in [-0.2, 0) is 4.74 Å². The highest BCUT2D eigenvalue weighted by molar-refractivity contribution is 5.87. The first-order chi connectivity index (χ1) is 12.6. The van der Waals surface area contributed by atoms with E-state index in [1.54, 1.807) is 31.3 Å². The van der Waals surface area contributed by atoms with Crippen molar-refractivity contribution in [1.29, 1.82) is 5.26 Å². The lowest BCUT2D eigenvalue weighted by molar-refractivity contribution is 0.0519. The van der Waals surface area contributed by atoms with Crippen LogP contribution in [0.2, 0.25) is 0 Å². The Kier molecular flexibility index (Phi) is 4.90. The van der Waals surface area contributed by atoms with Crippen LogP contribution >= 0.6 is 0 Å². The number of ether oxygens (including phenoxy) is 1. The molecular weight excluding hydrogens is 337 g/mol. The lowest BCUT2D eigenvalue weighted by Gasteiger charge is -2.08. The molecule has 1 aromatic carbocycles. The third-order valence-corrected chi connectivity index (χ3v) is 3.37. The number of anilines is 2. The van der Waals surface area contributed by atoms with Crippen LogP contribution in [0.25, 0.3) is 5.82 Å². The number of esters is 1. The van der Waals surface area contributed by atoms with Gasteiger partial charge in [0.15, 0.2) is 11.5 Å². The normalized spacial score (nSPS) is 10.2. The molecule has 3 rings (SSSR count). The fraction of sp³-hybridized carbons (Fsp3) is 0.111. The highest BCUT2D eigenvalue weighted by Crippen LogP contribution is 2.19. The van der Waals surface area contributed by atoms with Crippen molar-refractivity contribution < 1.29 is 13.9 Å². The average molecular weight is 351 g/mol. The lowest BCUT2D eigenvalue weighted by Crippen LogP contribution is -2.08. The number of pyridine rings is 1. The Labute approximate surface area is 148 Å². The van der Waals surface area contributed by atoms with E-state index in [4.69, 9.17) is 4.74 Å². The van der Waals surface area contributed by atoms with Crippen molar-refractivity contribution in [2.45, 2.75) is 6.92 Å². The van der Waals surface area contributed by atoms with Gasteiger partial charge in [0.05, 0.1) is 18.2 Å². The van der Waals surface area contributed by atoms with E-state index in [2.05, 4.69) is 15.4 Å². The monoisotopic (exact) mass is 351 g/mol. The molecule has 0 unspecified atom stereocenters. The molecule has 2 aromatic heterocycles. The summed E-state index contributed by atoms with van der Waals surface area (Å²) in [6.45, 7) is 1.96. The Hall–Kier alpha value is -3.73. The quantitative estimate of drug-likeness (QED) is 0.710. The number of halogens is 1. The smallest absolute Gasteiger partial charge is 0.358 e. The van der Waals surface area contributed by atoms with Crippen LogP contribution < -0.4 is 5.32 Å². The van der Waals surface area contributed by atoms with Crippen molar-refractivity contribution in [3.63, 3.8) is 0 Å². The lowest BCUT2D eigenvalue weighted by atomic mass is 10.2. The molecule has 0 aliphatic rings. The van der Waals surface area contributed by atoms with Crippen molar-refractivity contribution in [1.82, 2.24) is 14.8 Å². The van der Waals surface area contributed by atoms with E-state index in [1.165, 1.54) is 28.9 Å². The summed E-state index contributed by atoms with van der Waals surface area (Å²) in [4.78, 5) is 16.1. The SMILES string of the molecule is CCOC(=O)c1ccn(-c2cc(C#N)cc(Nc3ccc(F)cc3)n2)n1. The summed E-state index contributed by atoms with van der Waals surface area (Å²) in [5.74, 6) is -0.145. The number of nitrogens with one attached hydrogen (secondary N) is 1. The number of aromatic nitrogens is 3. The van der Waals surface area contributed by atoms with Crippen molar-refractivity contribution in [3.8, 4) is 11.9 Å². The van der Waals surface area contributed by atoms with Crippen LogP contribution in [0.3, 0.4) is 0 Å². The number of carbonyl (C=O) groups excluding carboxylic acids is 1. The summed E-state index contributed by atoms with van der Waals surface area (Å²) < 4.78 is 19.3. The summed E-state index contributed by atoms with van der Waals surface area (Å²) in [5.41, 5.74) is 1.12. The first-order valence-electron chi connectivity index (χ1n) is 7.77. The molecule has 3 aromatic rings. The van der Waals surface area contributed by atoms with Crippen LogP contribution in [-0.4, -0.2) is 27.3 Å². The zero-order valence-electron chi connectivity index (χ0n) is 13.8. The molecule has 0 amide bonds. The predicted octanol–water partition coefficient (Wildman–Crippen LogP) is 3.20. The van der Waals surface area contributed by atoms with Gasteiger partial charge in [-0.15, -0.1) is 0 Å². The van der Waals surface area contributed by atoms with E-state index in [0.717, 1.165) is 0 Å². The first kappa shape index (κ1) is 17.1. The molecule has 1 N–H and O–H groups in total. The topological polar surface area (TPSA) is 92.8 Å². The molecule has 0 saturated carbocycles. The summed E-state index contributed by atoms with van der Waals surface area (Å²) in [6.07, 6.45) is 1.55. The van der Waals surface area contributed by atoms with Gasteiger partial charge in [-0.3, -0.25) is 0 Å². The molecular formula is C18H14FN5O2. The summed E-state index contributed by atoms with van der Waals surface area (Å²) in [6, 6.07) is 12.4. The number of nitriles is 1. The van der Waals surface area contributed by atoms with E-state index >= 15 is 0 Å². The standard InChI is InChI=1S/C18H14FN5O2/c1-2-26-18(25)15-7-8-24(23-15)17-10-12(11-20)9-16(22-17)21-14-5-3-13(19)4-6-14/h3-10H,2H2,1H3,(H,21,22). The van der Waals surface area contributed by atoms with Gasteiger partial charge in [0.2, 0.25) is 0 Å². The number of rotatable bonds is 5. The average Bonchev–Trinajstić information content (AvgIpc) is 3.14. The Bertz CT molecular complexity index is 976. The van der Waals surface area contributed by atoms with Crippen molar-refractivity contribution in [3.05, 3.63) is 65.7 Å². The molecule has 0 bridgehead atoms. The molecule has 0 atom stereocenters. The second-order valence-electron chi connectivity index (χ2n) is 5.21. The third kappa shape index (κ3) is 3.84. The molecule has 2 heterocycles. The highest BCUT2D eigenvalue weighted by atomic mass is 19.1. The Morgan fingerprint density at radius 1 is 1.31 bits per heavy atom. The second-order valence-corrected chi connectivity index (χ2v) is 5.21. The van der Waals surface area contributed by atoms with Gasteiger partial charge in [-0.2, -0.15) is 10.4 Å². The molecule has 0 spiro atoms. The molecule has 0 aliphatic carbocycles. The minimum Gasteiger partial charge on any atom is -0.461 e. The number of hydrogen-bond donors (Lipinski definition) is 1. The Morgan fingerprint density at radius 2 is 2.08 bits per heavy atom. The fourth-order valence-corrected chi connectivity index (χ4v) is 2.21. The minimum atomic E-state index is -0.535. The van der Waals surface area contributed by atoms with Crippen LogP contribution in [0.4, 0.5) is 15.9 Å². The molecule has 0 aliphatic heterocycles. The predicted molar refractivity (Wildman–Crippen MR) is 91.7 cm³/mol. The molecule has 0 saturated heterocycles. The number of hydrogen-bond acceptors (Lipinski definition) is 6. The number of benzene rings is 1. The summed E-state index contributed by atoms with van der Waals surface area (Å²) in [7, 11) is 0. The molecule has 26 heavy (non-hydrogen) atoms. The minimum absolute atomic E-state index is 0.143. The fourth-order valence-electron chi connectivity index (χ4n) is 2.21. The Morgan fingerprint density at radius 3 is 2.77 bits per heavy atom. The summed E-state index contributed by atoms with van der Waals surface area (Å²) in [5, 5.41) is 16.4. The van der Waals surface area contributed by atoms with Gasteiger partial charge in [-0.05, 0) is 43.3 Å². The van der Waals surface area contributed by atoms with Crippen LogP contribution in [0.15, 0.2) is 48.7 Å². The largest absolute Gasteiger partial charge is 0.461 e. The number of carbonyl (C=O) groups is 1. The maximum Gasteiger partial charge on any atom is 0.358 e. The van der Waals surface area contributed by atoms with Gasteiger partial charge in [-0.25, -0.2) is 18.9 Å². The van der Waals surface area contributed by atoms with Crippen LogP contribution in [0.1, 0.15) is 23.0 Å². The van der Waals surface area contributed by atoms with E-state index < -0.39 is 5.97 Å². The summed E-state index contributed by atoms with van der Waals surface area (Å²) >= 11 is 0. The molecule has 0 fully saturated rings. The first-order valence-corrected chi connectivity index (χ1v) is 7.77. The molecule has 130 valence electrons. The van der Waals surface area contributed by atoms with E-state index in [0.29, 0.717) is 22.9 Å². The van der Waals surface area contributed by atoms with Gasteiger partial charge in [0.25, 0.3) is 0 Å². The highest BCUT2D eigenvalue weighted by Gasteiger charge is 2.12. The van der Waals surface area contributed by atoms with Gasteiger partial charge in [-0.1, -0.05) is 0 Å². The zero-order chi connectivity index (χ0) is 18.5. The van der Waals surface area contributed by atoms with Gasteiger partial charge >= 0.3 is 5.97 Å². The zero-order valence-corrected chi connectivity index (χ0v) is 13.8. The van der Waals surface area contributed by atoms with Gasteiger partial charge in [0.1, 0.15) is 11.6 Å². The maximum absolute atomic E-state index is 13.0. The van der Waals surface area contributed by atoms with Crippen molar-refractivity contribution in [2.24, 2.45) is 0 Å². The van der Waals surface area contributed by atoms with Crippen LogP contribution in [0, 0.1) is 17.1 Å². The maximum atomic E-state index is 13.0. The third-order valence-electron chi connectivity index (χ3n) is 3.37. The van der Waals surface area contributed by atoms with Crippen LogP contribution in [0.5, 0.6) is 0 Å². The number of nitrogens with zero attached hydrogens (tertiary/aromatic N) is 4. The second kappa shape index (κ2) is 7.44. The van der Waals surface area contributed by atoms with Gasteiger partial charge < -0.3 is 10.1 Å². The molecule has 0 radical (unpaired) electrons. The molecule has 7 nitrogen and oxygen atoms in total. The van der Waals surface area contributed by atoms with E-state index in [9.17, 15) is 14.4 Å². The van der Waals surface area contributed by atoms with E-state index in [1.807, 2.05) is 6.07 Å². The molecule has 8 heteroatoms.